The number of amides is 1. The molecule has 5 aromatic rings. The first-order valence-corrected chi connectivity index (χ1v) is 15.8. The zero-order valence-corrected chi connectivity index (χ0v) is 27.8. The molecule has 1 aliphatic heterocycles. The van der Waals surface area contributed by atoms with Crippen molar-refractivity contribution in [1.82, 2.24) is 19.3 Å². The number of halogens is 5. The van der Waals surface area contributed by atoms with E-state index in [1.165, 1.54) is 33.6 Å². The molecule has 0 bridgehead atoms. The van der Waals surface area contributed by atoms with Gasteiger partial charge in [0.05, 0.1) is 34.3 Å². The summed E-state index contributed by atoms with van der Waals surface area (Å²) in [5.74, 6) is -3.92. The fourth-order valence-corrected chi connectivity index (χ4v) is 6.27. The Bertz CT molecular complexity index is 2160. The summed E-state index contributed by atoms with van der Waals surface area (Å²) < 4.78 is 77.6. The number of hydrogen-bond acceptors (Lipinski definition) is 6. The minimum Gasteiger partial charge on any atom is -0.396 e. The fraction of sp³-hybridized carbons (Fsp3) is 0.306. The summed E-state index contributed by atoms with van der Waals surface area (Å²) in [6.45, 7) is 4.72. The molecule has 0 saturated heterocycles. The molecule has 1 aliphatic rings. The van der Waals surface area contributed by atoms with Gasteiger partial charge < -0.3 is 29.6 Å². The topological polar surface area (TPSA) is 104 Å². The van der Waals surface area contributed by atoms with Gasteiger partial charge in [-0.25, -0.2) is 13.8 Å². The molecule has 4 heterocycles. The highest BCUT2D eigenvalue weighted by molar-refractivity contribution is 6.11. The largest absolute Gasteiger partial charge is 0.417 e. The number of aryl methyl sites for hydroxylation is 1. The second-order valence-electron chi connectivity index (χ2n) is 13.2. The minimum absolute atomic E-state index is 0.00539. The molecule has 3 aromatic heterocycles. The third kappa shape index (κ3) is 6.36. The molecule has 0 atom stereocenters. The van der Waals surface area contributed by atoms with Crippen LogP contribution >= 0.6 is 0 Å². The summed E-state index contributed by atoms with van der Waals surface area (Å²) in [4.78, 5) is 32.4. The molecule has 0 aliphatic carbocycles. The smallest absolute Gasteiger partial charge is 0.396 e. The number of nitrogens with one attached hydrogen (secondary N) is 2. The number of hydrogen-bond donors (Lipinski definition) is 3. The lowest BCUT2D eigenvalue weighted by atomic mass is 9.92. The highest BCUT2D eigenvalue weighted by Gasteiger charge is 2.39. The van der Waals surface area contributed by atoms with Gasteiger partial charge >= 0.3 is 6.18 Å². The molecule has 0 saturated carbocycles. The van der Waals surface area contributed by atoms with Crippen LogP contribution in [0.25, 0.3) is 27.7 Å². The number of aliphatic hydroxyl groups excluding tert-OH is 1. The number of carbonyl (C=O) groups is 2. The quantitative estimate of drug-likeness (QED) is 0.0745. The second-order valence-corrected chi connectivity index (χ2v) is 13.2. The van der Waals surface area contributed by atoms with Crippen LogP contribution in [0.1, 0.15) is 41.0 Å². The Labute approximate surface area is 284 Å². The first-order valence-electron chi connectivity index (χ1n) is 15.8. The first kappa shape index (κ1) is 34.8. The second kappa shape index (κ2) is 13.0. The number of pyridine rings is 1. The zero-order chi connectivity index (χ0) is 36.1. The molecule has 2 aromatic carbocycles. The predicted molar refractivity (Wildman–Crippen MR) is 180 cm³/mol. The van der Waals surface area contributed by atoms with E-state index < -0.39 is 40.8 Å². The standard InChI is InChI=1S/C36H35F5N6O3/c1-35(2,18-48)17-42-10-5-8-28(49)44-30-24(37)13-21(14-25(30)38)34(50)27-15-20-9-12-45(3)33-29(22-7-6-11-47(27)32(20)22)23(36(39,40)41)16-26-31(33)43-19-46(26)4/h5-8,11,13-16,19,42,48H,9-10,12,17-18H2,1-4H3,(H,44,49)/b8-5+. The normalized spacial score (nSPS) is 13.6. The molecule has 1 amide bonds. The number of imidazole rings is 1. The van der Waals surface area contributed by atoms with Gasteiger partial charge in [0.25, 0.3) is 0 Å². The van der Waals surface area contributed by atoms with Crippen molar-refractivity contribution >= 4 is 39.6 Å². The predicted octanol–water partition coefficient (Wildman–Crippen LogP) is 6.12. The average Bonchev–Trinajstić information content (AvgIpc) is 3.62. The van der Waals surface area contributed by atoms with Crippen molar-refractivity contribution in [3.63, 3.8) is 0 Å². The summed E-state index contributed by atoms with van der Waals surface area (Å²) in [6.07, 6.45) is 1.18. The van der Waals surface area contributed by atoms with E-state index in [2.05, 4.69) is 15.6 Å². The van der Waals surface area contributed by atoms with E-state index in [1.807, 2.05) is 13.8 Å². The molecule has 50 heavy (non-hydrogen) atoms. The summed E-state index contributed by atoms with van der Waals surface area (Å²) in [5.41, 5.74) is -0.159. The third-order valence-corrected chi connectivity index (χ3v) is 8.88. The van der Waals surface area contributed by atoms with Gasteiger partial charge in [0, 0.05) is 74.7 Å². The van der Waals surface area contributed by atoms with Crippen LogP contribution in [0, 0.1) is 17.0 Å². The van der Waals surface area contributed by atoms with Gasteiger partial charge in [-0.3, -0.25) is 9.59 Å². The van der Waals surface area contributed by atoms with Crippen LogP contribution in [0.4, 0.5) is 33.3 Å². The third-order valence-electron chi connectivity index (χ3n) is 8.88. The minimum atomic E-state index is -4.72. The van der Waals surface area contributed by atoms with Crippen molar-refractivity contribution in [3.8, 4) is 11.1 Å². The van der Waals surface area contributed by atoms with Crippen molar-refractivity contribution in [1.29, 1.82) is 0 Å². The molecule has 0 fully saturated rings. The summed E-state index contributed by atoms with van der Waals surface area (Å²) in [7, 11) is 3.32. The Morgan fingerprint density at radius 3 is 2.48 bits per heavy atom. The van der Waals surface area contributed by atoms with E-state index in [-0.39, 0.29) is 41.0 Å². The first-order chi connectivity index (χ1) is 23.6. The number of nitrogens with zero attached hydrogens (tertiary/aromatic N) is 4. The lowest BCUT2D eigenvalue weighted by Gasteiger charge is -2.28. The molecule has 6 rings (SSSR count). The number of benzene rings is 2. The number of ketones is 1. The summed E-state index contributed by atoms with van der Waals surface area (Å²) in [6, 6.07) is 7.32. The monoisotopic (exact) mass is 694 g/mol. The van der Waals surface area contributed by atoms with Crippen LogP contribution in [0.5, 0.6) is 0 Å². The fourth-order valence-electron chi connectivity index (χ4n) is 6.27. The number of rotatable bonds is 9. The molecular formula is C36H35F5N6O3. The van der Waals surface area contributed by atoms with Crippen molar-refractivity contribution < 1.29 is 36.6 Å². The van der Waals surface area contributed by atoms with Crippen LogP contribution in [-0.4, -0.2) is 64.0 Å². The molecule has 3 N–H and O–H groups in total. The van der Waals surface area contributed by atoms with Crippen molar-refractivity contribution in [2.45, 2.75) is 26.4 Å². The summed E-state index contributed by atoms with van der Waals surface area (Å²) >= 11 is 0. The van der Waals surface area contributed by atoms with Crippen LogP contribution in [0.2, 0.25) is 0 Å². The van der Waals surface area contributed by atoms with Crippen molar-refractivity contribution in [2.24, 2.45) is 12.5 Å². The number of anilines is 2. The van der Waals surface area contributed by atoms with Crippen LogP contribution in [-0.2, 0) is 24.4 Å². The van der Waals surface area contributed by atoms with Crippen LogP contribution < -0.4 is 15.5 Å². The molecule has 262 valence electrons. The zero-order valence-electron chi connectivity index (χ0n) is 27.8. The number of carbonyl (C=O) groups excluding carboxylic acids is 2. The van der Waals surface area contributed by atoms with Crippen LogP contribution in [0.3, 0.4) is 0 Å². The highest BCUT2D eigenvalue weighted by Crippen LogP contribution is 2.48. The molecule has 14 heteroatoms. The van der Waals surface area contributed by atoms with E-state index in [9.17, 15) is 27.9 Å². The van der Waals surface area contributed by atoms with E-state index in [4.69, 9.17) is 0 Å². The van der Waals surface area contributed by atoms with Gasteiger partial charge in [0.15, 0.2) is 0 Å². The van der Waals surface area contributed by atoms with Gasteiger partial charge in [-0.05, 0) is 42.3 Å². The maximum atomic E-state index is 15.2. The number of aromatic nitrogens is 3. The Kier molecular flexibility index (Phi) is 9.03. The van der Waals surface area contributed by atoms with E-state index in [0.29, 0.717) is 47.3 Å². The van der Waals surface area contributed by atoms with Gasteiger partial charge in [-0.1, -0.05) is 26.0 Å². The van der Waals surface area contributed by atoms with Gasteiger partial charge in [-0.2, -0.15) is 13.2 Å². The Balaban J connectivity index is 1.36. The number of aliphatic hydroxyl groups is 1. The molecule has 9 nitrogen and oxygen atoms in total. The van der Waals surface area contributed by atoms with Gasteiger partial charge in [-0.15, -0.1) is 0 Å². The van der Waals surface area contributed by atoms with Crippen LogP contribution in [0.15, 0.2) is 61.1 Å². The van der Waals surface area contributed by atoms with E-state index in [1.54, 1.807) is 31.1 Å². The number of likely N-dealkylation sites (N-methyl/N-ethyl adjacent to an activating group) is 1. The lowest BCUT2D eigenvalue weighted by Crippen LogP contribution is -2.32. The van der Waals surface area contributed by atoms with Crippen molar-refractivity contribution in [3.05, 3.63) is 95.1 Å². The lowest BCUT2D eigenvalue weighted by molar-refractivity contribution is -0.137. The molecular weight excluding hydrogens is 659 g/mol. The van der Waals surface area contributed by atoms with Gasteiger partial charge in [0.2, 0.25) is 11.7 Å². The molecule has 0 spiro atoms. The maximum absolute atomic E-state index is 15.2. The SMILES string of the molecule is CN1CCc2cc(C(=O)c3cc(F)c(NC(=O)/C=C/CNCC(C)(C)CO)c(F)c3)n3cccc(c23)-c2c(C(F)(F)F)cc3c(ncn3C)c21. The average molecular weight is 695 g/mol. The Morgan fingerprint density at radius 2 is 1.80 bits per heavy atom. The Morgan fingerprint density at radius 1 is 1.08 bits per heavy atom. The molecule has 0 unspecified atom stereocenters. The van der Waals surface area contributed by atoms with E-state index >= 15 is 8.78 Å². The number of alkyl halides is 3. The summed E-state index contributed by atoms with van der Waals surface area (Å²) in [5, 5.41) is 14.5. The maximum Gasteiger partial charge on any atom is 0.417 e. The van der Waals surface area contributed by atoms with E-state index in [0.717, 1.165) is 24.3 Å². The molecule has 0 radical (unpaired) electrons. The number of fused-ring (bicyclic) bond motifs is 4. The van der Waals surface area contributed by atoms with Gasteiger partial charge in [0.1, 0.15) is 22.8 Å². The Hall–Kier alpha value is -5.08. The highest BCUT2D eigenvalue weighted by atomic mass is 19.4. The van der Waals surface area contributed by atoms with Crippen molar-refractivity contribution in [2.75, 3.05) is 43.5 Å².